The maximum Gasteiger partial charge on any atom is 0.171 e. The normalized spacial score (nSPS) is 11.8. The first kappa shape index (κ1) is 15.4. The van der Waals surface area contributed by atoms with Crippen LogP contribution in [0.2, 0.25) is 0 Å². The van der Waals surface area contributed by atoms with Gasteiger partial charge in [0.25, 0.3) is 0 Å². The van der Waals surface area contributed by atoms with Crippen molar-refractivity contribution < 1.29 is 4.39 Å². The largest absolute Gasteiger partial charge is 0.356 e. The minimum Gasteiger partial charge on any atom is -0.356 e. The van der Waals surface area contributed by atoms with Crippen LogP contribution in [0.1, 0.15) is 29.7 Å². The molecule has 4 heteroatoms. The number of nitrogens with one attached hydrogen (secondary N) is 2. The lowest BCUT2D eigenvalue weighted by molar-refractivity contribution is 0.624. The van der Waals surface area contributed by atoms with E-state index in [1.165, 1.54) is 17.7 Å². The highest BCUT2D eigenvalue weighted by molar-refractivity contribution is 7.80. The molecule has 21 heavy (non-hydrogen) atoms. The first-order valence-electron chi connectivity index (χ1n) is 6.86. The van der Waals surface area contributed by atoms with E-state index in [0.29, 0.717) is 5.11 Å². The lowest BCUT2D eigenvalue weighted by Crippen LogP contribution is -2.31. The molecule has 0 aliphatic heterocycles. The van der Waals surface area contributed by atoms with Gasteiger partial charge in [0.05, 0.1) is 6.04 Å². The molecule has 110 valence electrons. The molecule has 0 amide bonds. The number of rotatable bonds is 3. The van der Waals surface area contributed by atoms with Crippen LogP contribution in [0, 0.1) is 19.7 Å². The third-order valence-electron chi connectivity index (χ3n) is 3.36. The van der Waals surface area contributed by atoms with Gasteiger partial charge < -0.3 is 10.6 Å². The number of anilines is 1. The predicted molar refractivity (Wildman–Crippen MR) is 90.1 cm³/mol. The summed E-state index contributed by atoms with van der Waals surface area (Å²) in [6.07, 6.45) is 0. The Hall–Kier alpha value is -1.94. The maximum atomic E-state index is 12.9. The Morgan fingerprint density at radius 1 is 1.10 bits per heavy atom. The van der Waals surface area contributed by atoms with E-state index in [1.54, 1.807) is 12.1 Å². The first-order valence-corrected chi connectivity index (χ1v) is 7.27. The molecule has 2 rings (SSSR count). The lowest BCUT2D eigenvalue weighted by Gasteiger charge is -2.18. The van der Waals surface area contributed by atoms with E-state index in [9.17, 15) is 4.39 Å². The van der Waals surface area contributed by atoms with Crippen LogP contribution in [0.3, 0.4) is 0 Å². The molecule has 2 nitrogen and oxygen atoms in total. The molecule has 0 spiro atoms. The Bertz CT molecular complexity index is 638. The molecule has 2 aromatic rings. The summed E-state index contributed by atoms with van der Waals surface area (Å²) in [5, 5.41) is 6.97. The lowest BCUT2D eigenvalue weighted by atomic mass is 10.1. The van der Waals surface area contributed by atoms with Crippen LogP contribution in [-0.2, 0) is 0 Å². The van der Waals surface area contributed by atoms with Crippen molar-refractivity contribution in [3.63, 3.8) is 0 Å². The number of halogens is 1. The maximum absolute atomic E-state index is 12.9. The van der Waals surface area contributed by atoms with Gasteiger partial charge in [0.15, 0.2) is 5.11 Å². The van der Waals surface area contributed by atoms with Crippen molar-refractivity contribution in [1.82, 2.24) is 5.32 Å². The van der Waals surface area contributed by atoms with Crippen LogP contribution in [0.5, 0.6) is 0 Å². The standard InChI is InChI=1S/C17H19FN2S/c1-11-4-5-12(2)16(10-11)20-17(21)19-13(3)14-6-8-15(18)9-7-14/h4-10,13H,1-3H3,(H2,19,20,21)/t13-/m0/s1. The Balaban J connectivity index is 2.01. The molecule has 2 N–H and O–H groups in total. The molecule has 0 aromatic heterocycles. The highest BCUT2D eigenvalue weighted by Gasteiger charge is 2.08. The average molecular weight is 302 g/mol. The van der Waals surface area contributed by atoms with Crippen LogP contribution in [-0.4, -0.2) is 5.11 Å². The van der Waals surface area contributed by atoms with Crippen molar-refractivity contribution in [1.29, 1.82) is 0 Å². The Labute approximate surface area is 130 Å². The predicted octanol–water partition coefficient (Wildman–Crippen LogP) is 4.49. The number of benzene rings is 2. The van der Waals surface area contributed by atoms with Gasteiger partial charge in [-0.1, -0.05) is 24.3 Å². The Kier molecular flexibility index (Phi) is 4.91. The van der Waals surface area contributed by atoms with E-state index in [2.05, 4.69) is 28.8 Å². The van der Waals surface area contributed by atoms with E-state index in [1.807, 2.05) is 20.8 Å². The number of hydrogen-bond donors (Lipinski definition) is 2. The smallest absolute Gasteiger partial charge is 0.171 e. The van der Waals surface area contributed by atoms with Crippen LogP contribution >= 0.6 is 12.2 Å². The summed E-state index contributed by atoms with van der Waals surface area (Å²) in [5.41, 5.74) is 4.30. The third-order valence-corrected chi connectivity index (χ3v) is 3.58. The molecule has 0 fully saturated rings. The summed E-state index contributed by atoms with van der Waals surface area (Å²) in [6, 6.07) is 12.6. The molecule has 0 aliphatic carbocycles. The summed E-state index contributed by atoms with van der Waals surface area (Å²) >= 11 is 5.34. The second kappa shape index (κ2) is 6.68. The molecule has 0 unspecified atom stereocenters. The van der Waals surface area contributed by atoms with Gasteiger partial charge in [0.1, 0.15) is 5.82 Å². The van der Waals surface area contributed by atoms with Gasteiger partial charge >= 0.3 is 0 Å². The zero-order valence-electron chi connectivity index (χ0n) is 12.4. The van der Waals surface area contributed by atoms with Crippen molar-refractivity contribution in [3.8, 4) is 0 Å². The van der Waals surface area contributed by atoms with Crippen molar-refractivity contribution in [2.75, 3.05) is 5.32 Å². The summed E-state index contributed by atoms with van der Waals surface area (Å²) < 4.78 is 12.9. The molecule has 2 aromatic carbocycles. The molecular formula is C17H19FN2S. The first-order chi connectivity index (χ1) is 9.95. The fourth-order valence-electron chi connectivity index (χ4n) is 2.06. The minimum atomic E-state index is -0.234. The second-order valence-electron chi connectivity index (χ2n) is 5.19. The highest BCUT2D eigenvalue weighted by atomic mass is 32.1. The summed E-state index contributed by atoms with van der Waals surface area (Å²) in [7, 11) is 0. The zero-order valence-corrected chi connectivity index (χ0v) is 13.2. The number of aryl methyl sites for hydroxylation is 2. The minimum absolute atomic E-state index is 0.00992. The molecule has 0 radical (unpaired) electrons. The molecule has 0 aliphatic rings. The molecule has 1 atom stereocenters. The van der Waals surface area contributed by atoms with E-state index in [0.717, 1.165) is 16.8 Å². The molecule has 0 saturated carbocycles. The SMILES string of the molecule is Cc1ccc(C)c(NC(=S)N[C@@H](C)c2ccc(F)cc2)c1. The van der Waals surface area contributed by atoms with E-state index in [4.69, 9.17) is 12.2 Å². The number of hydrogen-bond acceptors (Lipinski definition) is 1. The van der Waals surface area contributed by atoms with E-state index >= 15 is 0 Å². The van der Waals surface area contributed by atoms with Gasteiger partial charge in [0, 0.05) is 5.69 Å². The van der Waals surface area contributed by atoms with Gasteiger partial charge in [-0.25, -0.2) is 4.39 Å². The zero-order chi connectivity index (χ0) is 15.4. The summed E-state index contributed by atoms with van der Waals surface area (Å²) in [4.78, 5) is 0. The van der Waals surface area contributed by atoms with Crippen molar-refractivity contribution in [2.45, 2.75) is 26.8 Å². The van der Waals surface area contributed by atoms with E-state index in [-0.39, 0.29) is 11.9 Å². The van der Waals surface area contributed by atoms with Crippen LogP contribution in [0.4, 0.5) is 10.1 Å². The van der Waals surface area contributed by atoms with Gasteiger partial charge in [-0.05, 0) is 67.9 Å². The number of thiocarbonyl (C=S) groups is 1. The second-order valence-corrected chi connectivity index (χ2v) is 5.60. The topological polar surface area (TPSA) is 24.1 Å². The fraction of sp³-hybridized carbons (Fsp3) is 0.235. The molecule has 0 bridgehead atoms. The van der Waals surface area contributed by atoms with Crippen LogP contribution < -0.4 is 10.6 Å². The highest BCUT2D eigenvalue weighted by Crippen LogP contribution is 2.17. The van der Waals surface area contributed by atoms with Crippen LogP contribution in [0.25, 0.3) is 0 Å². The van der Waals surface area contributed by atoms with Gasteiger partial charge in [-0.3, -0.25) is 0 Å². The van der Waals surface area contributed by atoms with Crippen molar-refractivity contribution >= 4 is 23.0 Å². The van der Waals surface area contributed by atoms with E-state index < -0.39 is 0 Å². The Morgan fingerprint density at radius 3 is 2.43 bits per heavy atom. The summed E-state index contributed by atoms with van der Waals surface area (Å²) in [5.74, 6) is -0.234. The monoisotopic (exact) mass is 302 g/mol. The molecule has 0 heterocycles. The molecule has 0 saturated heterocycles. The third kappa shape index (κ3) is 4.26. The summed E-state index contributed by atoms with van der Waals surface area (Å²) in [6.45, 7) is 6.07. The van der Waals surface area contributed by atoms with Gasteiger partial charge in [0.2, 0.25) is 0 Å². The average Bonchev–Trinajstić information content (AvgIpc) is 2.43. The van der Waals surface area contributed by atoms with Gasteiger partial charge in [-0.15, -0.1) is 0 Å². The van der Waals surface area contributed by atoms with Crippen molar-refractivity contribution in [2.24, 2.45) is 0 Å². The molecular weight excluding hydrogens is 283 g/mol. The van der Waals surface area contributed by atoms with Crippen molar-refractivity contribution in [3.05, 3.63) is 65.0 Å². The fourth-order valence-corrected chi connectivity index (χ4v) is 2.35. The van der Waals surface area contributed by atoms with Gasteiger partial charge in [-0.2, -0.15) is 0 Å². The van der Waals surface area contributed by atoms with Crippen LogP contribution in [0.15, 0.2) is 42.5 Å². The Morgan fingerprint density at radius 2 is 1.76 bits per heavy atom. The quantitative estimate of drug-likeness (QED) is 0.817.